The van der Waals surface area contributed by atoms with Crippen molar-refractivity contribution in [1.29, 1.82) is 5.26 Å². The Bertz CT molecular complexity index is 1310. The first-order valence-corrected chi connectivity index (χ1v) is 11.6. The highest BCUT2D eigenvalue weighted by molar-refractivity contribution is 7.92. The van der Waals surface area contributed by atoms with Crippen LogP contribution in [0.5, 0.6) is 0 Å². The maximum atomic E-state index is 13.1. The average molecular weight is 482 g/mol. The highest BCUT2D eigenvalue weighted by atomic mass is 32.2. The number of amides is 1. The SMILES string of the molecule is N#CCCN(C(=O)COC(=O)c1cccc(S(=O)(=O)Nc2ccc(F)cc2)c1)c1ccccc1. The molecular formula is C24H20FN3O5S. The van der Waals surface area contributed by atoms with Gasteiger partial charge in [0.05, 0.1) is 22.9 Å². The van der Waals surface area contributed by atoms with Crippen LogP contribution in [0.4, 0.5) is 15.8 Å². The highest BCUT2D eigenvalue weighted by Crippen LogP contribution is 2.19. The number of halogens is 1. The van der Waals surface area contributed by atoms with E-state index < -0.39 is 34.3 Å². The number of hydrogen-bond acceptors (Lipinski definition) is 6. The number of esters is 1. The van der Waals surface area contributed by atoms with Crippen LogP contribution in [0.2, 0.25) is 0 Å². The minimum atomic E-state index is -4.06. The van der Waals surface area contributed by atoms with Crippen LogP contribution in [0.15, 0.2) is 83.8 Å². The van der Waals surface area contributed by atoms with Crippen molar-refractivity contribution in [3.8, 4) is 6.07 Å². The maximum Gasteiger partial charge on any atom is 0.338 e. The Morgan fingerprint density at radius 1 is 1.00 bits per heavy atom. The highest BCUT2D eigenvalue weighted by Gasteiger charge is 2.20. The van der Waals surface area contributed by atoms with Crippen LogP contribution in [-0.2, 0) is 19.6 Å². The molecule has 3 rings (SSSR count). The molecule has 0 spiro atoms. The zero-order valence-electron chi connectivity index (χ0n) is 17.8. The van der Waals surface area contributed by atoms with Crippen LogP contribution < -0.4 is 9.62 Å². The predicted molar refractivity (Wildman–Crippen MR) is 123 cm³/mol. The zero-order chi connectivity index (χ0) is 24.6. The topological polar surface area (TPSA) is 117 Å². The fourth-order valence-corrected chi connectivity index (χ4v) is 4.08. The smallest absolute Gasteiger partial charge is 0.338 e. The van der Waals surface area contributed by atoms with Crippen LogP contribution >= 0.6 is 0 Å². The van der Waals surface area contributed by atoms with Gasteiger partial charge in [-0.2, -0.15) is 5.26 Å². The zero-order valence-corrected chi connectivity index (χ0v) is 18.7. The number of rotatable bonds is 9. The van der Waals surface area contributed by atoms with Gasteiger partial charge in [-0.05, 0) is 54.6 Å². The molecule has 1 N–H and O–H groups in total. The summed E-state index contributed by atoms with van der Waals surface area (Å²) in [6, 6.07) is 20.5. The van der Waals surface area contributed by atoms with Gasteiger partial charge in [0.15, 0.2) is 6.61 Å². The normalized spacial score (nSPS) is 10.7. The Hall–Kier alpha value is -4.23. The number of carbonyl (C=O) groups is 2. The molecule has 0 aliphatic carbocycles. The Labute approximate surface area is 196 Å². The number of sulfonamides is 1. The van der Waals surface area contributed by atoms with Gasteiger partial charge in [-0.1, -0.05) is 24.3 Å². The molecule has 1 amide bonds. The maximum absolute atomic E-state index is 13.1. The summed E-state index contributed by atoms with van der Waals surface area (Å²) < 4.78 is 45.7. The van der Waals surface area contributed by atoms with Crippen molar-refractivity contribution >= 4 is 33.3 Å². The van der Waals surface area contributed by atoms with E-state index in [0.717, 1.165) is 18.2 Å². The van der Waals surface area contributed by atoms with Gasteiger partial charge in [0.25, 0.3) is 15.9 Å². The van der Waals surface area contributed by atoms with Crippen molar-refractivity contribution in [2.45, 2.75) is 11.3 Å². The van der Waals surface area contributed by atoms with Crippen LogP contribution in [0.3, 0.4) is 0 Å². The number of nitriles is 1. The second kappa shape index (κ2) is 11.1. The summed E-state index contributed by atoms with van der Waals surface area (Å²) in [4.78, 5) is 26.3. The number of benzene rings is 3. The van der Waals surface area contributed by atoms with Crippen molar-refractivity contribution in [3.63, 3.8) is 0 Å². The van der Waals surface area contributed by atoms with E-state index in [0.29, 0.717) is 5.69 Å². The first-order chi connectivity index (χ1) is 16.3. The molecule has 8 nitrogen and oxygen atoms in total. The molecule has 0 saturated heterocycles. The number of nitrogens with one attached hydrogen (secondary N) is 1. The third-order valence-corrected chi connectivity index (χ3v) is 6.00. The summed E-state index contributed by atoms with van der Waals surface area (Å²) in [5.74, 6) is -1.93. The van der Waals surface area contributed by atoms with Gasteiger partial charge in [0.2, 0.25) is 0 Å². The van der Waals surface area contributed by atoms with Gasteiger partial charge in [0, 0.05) is 17.9 Å². The lowest BCUT2D eigenvalue weighted by Gasteiger charge is -2.21. The van der Waals surface area contributed by atoms with Gasteiger partial charge < -0.3 is 9.64 Å². The summed E-state index contributed by atoms with van der Waals surface area (Å²) in [6.45, 7) is -0.469. The molecule has 0 radical (unpaired) electrons. The fraction of sp³-hybridized carbons (Fsp3) is 0.125. The Kier molecular flexibility index (Phi) is 7.95. The van der Waals surface area contributed by atoms with Crippen molar-refractivity contribution in [3.05, 3.63) is 90.2 Å². The van der Waals surface area contributed by atoms with Crippen molar-refractivity contribution in [2.75, 3.05) is 22.8 Å². The van der Waals surface area contributed by atoms with Crippen molar-refractivity contribution in [1.82, 2.24) is 0 Å². The molecule has 0 aromatic heterocycles. The second-order valence-corrected chi connectivity index (χ2v) is 8.69. The number of carbonyl (C=O) groups excluding carboxylic acids is 2. The molecule has 3 aromatic carbocycles. The van der Waals surface area contributed by atoms with Crippen LogP contribution in [-0.4, -0.2) is 33.4 Å². The van der Waals surface area contributed by atoms with E-state index in [4.69, 9.17) is 10.00 Å². The quantitative estimate of drug-likeness (QED) is 0.466. The van der Waals surface area contributed by atoms with Gasteiger partial charge in [0.1, 0.15) is 5.82 Å². The van der Waals surface area contributed by atoms with E-state index in [-0.39, 0.29) is 29.1 Å². The average Bonchev–Trinajstić information content (AvgIpc) is 2.85. The second-order valence-electron chi connectivity index (χ2n) is 7.01. The predicted octanol–water partition coefficient (Wildman–Crippen LogP) is 3.73. The third-order valence-electron chi connectivity index (χ3n) is 4.62. The molecule has 0 bridgehead atoms. The summed E-state index contributed by atoms with van der Waals surface area (Å²) in [5.41, 5.74) is 0.634. The monoisotopic (exact) mass is 481 g/mol. The van der Waals surface area contributed by atoms with Crippen molar-refractivity contribution in [2.24, 2.45) is 0 Å². The lowest BCUT2D eigenvalue weighted by molar-refractivity contribution is -0.121. The molecule has 0 atom stereocenters. The first-order valence-electron chi connectivity index (χ1n) is 10.1. The van der Waals surface area contributed by atoms with E-state index in [1.807, 2.05) is 6.07 Å². The van der Waals surface area contributed by atoms with E-state index in [1.165, 1.54) is 35.2 Å². The summed E-state index contributed by atoms with van der Waals surface area (Å²) in [7, 11) is -4.06. The van der Waals surface area contributed by atoms with Crippen LogP contribution in [0.25, 0.3) is 0 Å². The Balaban J connectivity index is 1.69. The standard InChI is InChI=1S/C24H20FN3O5S/c25-19-10-12-20(13-11-19)27-34(31,32)22-9-4-6-18(16-22)24(30)33-17-23(29)28(15-5-14-26)21-7-2-1-3-8-21/h1-4,6-13,16,27H,5,15,17H2. The molecule has 0 unspecified atom stereocenters. The minimum absolute atomic E-state index is 0.0712. The van der Waals surface area contributed by atoms with Crippen LogP contribution in [0, 0.1) is 17.1 Å². The Morgan fingerprint density at radius 2 is 1.71 bits per heavy atom. The molecule has 0 aliphatic heterocycles. The number of hydrogen-bond donors (Lipinski definition) is 1. The van der Waals surface area contributed by atoms with E-state index >= 15 is 0 Å². The Morgan fingerprint density at radius 3 is 2.38 bits per heavy atom. The van der Waals surface area contributed by atoms with E-state index in [1.54, 1.807) is 30.3 Å². The number of anilines is 2. The molecule has 0 heterocycles. The molecule has 0 aliphatic rings. The van der Waals surface area contributed by atoms with Gasteiger partial charge in [-0.15, -0.1) is 0 Å². The summed E-state index contributed by atoms with van der Waals surface area (Å²) >= 11 is 0. The lowest BCUT2D eigenvalue weighted by Crippen LogP contribution is -2.35. The number of nitrogens with zero attached hydrogens (tertiary/aromatic N) is 2. The molecular weight excluding hydrogens is 461 g/mol. The lowest BCUT2D eigenvalue weighted by atomic mass is 10.2. The summed E-state index contributed by atoms with van der Waals surface area (Å²) in [5, 5.41) is 8.86. The molecule has 34 heavy (non-hydrogen) atoms. The molecule has 174 valence electrons. The van der Waals surface area contributed by atoms with Gasteiger partial charge in [-0.3, -0.25) is 9.52 Å². The van der Waals surface area contributed by atoms with E-state index in [9.17, 15) is 22.4 Å². The number of para-hydroxylation sites is 1. The van der Waals surface area contributed by atoms with Gasteiger partial charge in [-0.25, -0.2) is 17.6 Å². The number of ether oxygens (including phenoxy) is 1. The molecule has 0 saturated carbocycles. The minimum Gasteiger partial charge on any atom is -0.452 e. The molecule has 10 heteroatoms. The van der Waals surface area contributed by atoms with Gasteiger partial charge >= 0.3 is 5.97 Å². The fourth-order valence-electron chi connectivity index (χ4n) is 2.98. The van der Waals surface area contributed by atoms with E-state index in [2.05, 4.69) is 4.72 Å². The summed E-state index contributed by atoms with van der Waals surface area (Å²) in [6.07, 6.45) is 0.0928. The third kappa shape index (κ3) is 6.40. The van der Waals surface area contributed by atoms with Crippen LogP contribution in [0.1, 0.15) is 16.8 Å². The molecule has 0 fully saturated rings. The first kappa shape index (κ1) is 24.4. The largest absolute Gasteiger partial charge is 0.452 e. The van der Waals surface area contributed by atoms with Crippen molar-refractivity contribution < 1.29 is 27.1 Å². The molecule has 3 aromatic rings.